The van der Waals surface area contributed by atoms with E-state index in [1.807, 2.05) is 12.3 Å². The molecule has 92 valence electrons. The summed E-state index contributed by atoms with van der Waals surface area (Å²) in [6.07, 6.45) is 3.97. The van der Waals surface area contributed by atoms with Crippen LogP contribution in [0.25, 0.3) is 10.9 Å². The molecule has 0 saturated heterocycles. The van der Waals surface area contributed by atoms with Gasteiger partial charge in [-0.15, -0.1) is 0 Å². The zero-order chi connectivity index (χ0) is 12.4. The van der Waals surface area contributed by atoms with Crippen LogP contribution in [0, 0.1) is 0 Å². The highest BCUT2D eigenvalue weighted by Gasteiger charge is 2.08. The van der Waals surface area contributed by atoms with Crippen molar-refractivity contribution in [2.24, 2.45) is 0 Å². The van der Waals surface area contributed by atoms with E-state index in [2.05, 4.69) is 47.7 Å². The van der Waals surface area contributed by atoms with E-state index in [1.54, 1.807) is 7.11 Å². The molecule has 0 aliphatic rings. The molecule has 2 heterocycles. The second-order valence-corrected chi connectivity index (χ2v) is 4.57. The fourth-order valence-corrected chi connectivity index (χ4v) is 1.79. The molecule has 0 spiro atoms. The fourth-order valence-electron chi connectivity index (χ4n) is 1.79. The van der Waals surface area contributed by atoms with Gasteiger partial charge in [0.2, 0.25) is 5.88 Å². The number of rotatable bonds is 4. The number of ether oxygens (including phenoxy) is 1. The van der Waals surface area contributed by atoms with Crippen LogP contribution in [0.5, 0.6) is 5.88 Å². The quantitative estimate of drug-likeness (QED) is 0.809. The van der Waals surface area contributed by atoms with E-state index in [0.717, 1.165) is 12.1 Å². The first-order valence-corrected chi connectivity index (χ1v) is 5.77. The molecular formula is C13H19N3O. The summed E-state index contributed by atoms with van der Waals surface area (Å²) in [4.78, 5) is 6.46. The van der Waals surface area contributed by atoms with Gasteiger partial charge in [-0.25, -0.2) is 4.98 Å². The van der Waals surface area contributed by atoms with Gasteiger partial charge in [0.15, 0.2) is 0 Å². The smallest absolute Gasteiger partial charge is 0.213 e. The minimum atomic E-state index is 0.493. The lowest BCUT2D eigenvalue weighted by Crippen LogP contribution is -2.28. The van der Waals surface area contributed by atoms with E-state index in [-0.39, 0.29) is 0 Å². The summed E-state index contributed by atoms with van der Waals surface area (Å²) in [7, 11) is 5.83. The first-order chi connectivity index (χ1) is 8.11. The Morgan fingerprint density at radius 2 is 2.24 bits per heavy atom. The highest BCUT2D eigenvalue weighted by Crippen LogP contribution is 2.19. The number of nitrogens with zero attached hydrogens (tertiary/aromatic N) is 3. The molecule has 0 fully saturated rings. The molecule has 0 aliphatic carbocycles. The number of aromatic nitrogens is 2. The van der Waals surface area contributed by atoms with Gasteiger partial charge in [0.25, 0.3) is 0 Å². The van der Waals surface area contributed by atoms with Crippen LogP contribution in [0.4, 0.5) is 0 Å². The normalized spacial score (nSPS) is 13.2. The van der Waals surface area contributed by atoms with E-state index in [0.29, 0.717) is 11.9 Å². The SMILES string of the molecule is COc1cc2ccn(CC(C)N(C)C)c2cn1. The van der Waals surface area contributed by atoms with Crippen molar-refractivity contribution in [3.8, 4) is 5.88 Å². The summed E-state index contributed by atoms with van der Waals surface area (Å²) in [5.41, 5.74) is 1.15. The average molecular weight is 233 g/mol. The van der Waals surface area contributed by atoms with Crippen LogP contribution in [-0.4, -0.2) is 41.7 Å². The van der Waals surface area contributed by atoms with Crippen molar-refractivity contribution >= 4 is 10.9 Å². The summed E-state index contributed by atoms with van der Waals surface area (Å²) in [6, 6.07) is 4.56. The number of methoxy groups -OCH3 is 1. The van der Waals surface area contributed by atoms with Gasteiger partial charge >= 0.3 is 0 Å². The van der Waals surface area contributed by atoms with Gasteiger partial charge in [-0.2, -0.15) is 0 Å². The minimum absolute atomic E-state index is 0.493. The number of likely N-dealkylation sites (N-methyl/N-ethyl adjacent to an activating group) is 1. The maximum Gasteiger partial charge on any atom is 0.213 e. The summed E-state index contributed by atoms with van der Waals surface area (Å²) < 4.78 is 7.35. The molecule has 1 atom stereocenters. The van der Waals surface area contributed by atoms with Crippen LogP contribution in [0.15, 0.2) is 24.5 Å². The Labute approximate surface area is 102 Å². The van der Waals surface area contributed by atoms with E-state index < -0.39 is 0 Å². The van der Waals surface area contributed by atoms with E-state index >= 15 is 0 Å². The lowest BCUT2D eigenvalue weighted by molar-refractivity contribution is 0.286. The Hall–Kier alpha value is -1.55. The van der Waals surface area contributed by atoms with Crippen LogP contribution >= 0.6 is 0 Å². The first kappa shape index (κ1) is 11.9. The Balaban J connectivity index is 2.30. The standard InChI is InChI=1S/C13H19N3O/c1-10(15(2)3)9-16-6-5-11-7-13(17-4)14-8-12(11)16/h5-8,10H,9H2,1-4H3. The number of hydrogen-bond acceptors (Lipinski definition) is 3. The van der Waals surface area contributed by atoms with Gasteiger partial charge in [-0.3, -0.25) is 0 Å². The largest absolute Gasteiger partial charge is 0.481 e. The molecule has 2 rings (SSSR count). The van der Waals surface area contributed by atoms with Crippen LogP contribution in [0.1, 0.15) is 6.92 Å². The Kier molecular flexibility index (Phi) is 3.33. The summed E-state index contributed by atoms with van der Waals surface area (Å²) in [5.74, 6) is 0.663. The van der Waals surface area contributed by atoms with Crippen LogP contribution in [0.3, 0.4) is 0 Å². The Bertz CT molecular complexity index is 504. The first-order valence-electron chi connectivity index (χ1n) is 5.77. The van der Waals surface area contributed by atoms with Gasteiger partial charge in [-0.1, -0.05) is 0 Å². The molecule has 17 heavy (non-hydrogen) atoms. The topological polar surface area (TPSA) is 30.3 Å². The maximum absolute atomic E-state index is 5.12. The third kappa shape index (κ3) is 2.42. The fraction of sp³-hybridized carbons (Fsp3) is 0.462. The molecular weight excluding hydrogens is 214 g/mol. The maximum atomic E-state index is 5.12. The van der Waals surface area contributed by atoms with E-state index in [1.165, 1.54) is 5.39 Å². The highest BCUT2D eigenvalue weighted by molar-refractivity contribution is 5.80. The van der Waals surface area contributed by atoms with Crippen LogP contribution in [0.2, 0.25) is 0 Å². The molecule has 0 bridgehead atoms. The third-order valence-electron chi connectivity index (χ3n) is 3.18. The minimum Gasteiger partial charge on any atom is -0.481 e. The highest BCUT2D eigenvalue weighted by atomic mass is 16.5. The monoisotopic (exact) mass is 233 g/mol. The number of fused-ring (bicyclic) bond motifs is 1. The molecule has 0 N–H and O–H groups in total. The summed E-state index contributed by atoms with van der Waals surface area (Å²) in [6.45, 7) is 3.17. The number of pyridine rings is 1. The van der Waals surface area contributed by atoms with Gasteiger partial charge in [0.05, 0.1) is 18.8 Å². The third-order valence-corrected chi connectivity index (χ3v) is 3.18. The molecule has 2 aromatic rings. The second-order valence-electron chi connectivity index (χ2n) is 4.57. The van der Waals surface area contributed by atoms with Crippen molar-refractivity contribution in [2.45, 2.75) is 19.5 Å². The molecule has 0 saturated carbocycles. The predicted molar refractivity (Wildman–Crippen MR) is 69.4 cm³/mol. The predicted octanol–water partition coefficient (Wildman–Crippen LogP) is 1.99. The molecule has 0 aliphatic heterocycles. The van der Waals surface area contributed by atoms with E-state index in [9.17, 15) is 0 Å². The van der Waals surface area contributed by atoms with Gasteiger partial charge in [0, 0.05) is 30.2 Å². The van der Waals surface area contributed by atoms with Crippen molar-refractivity contribution in [3.63, 3.8) is 0 Å². The number of hydrogen-bond donors (Lipinski definition) is 0. The Morgan fingerprint density at radius 1 is 1.47 bits per heavy atom. The summed E-state index contributed by atoms with van der Waals surface area (Å²) in [5, 5.41) is 1.17. The lowest BCUT2D eigenvalue weighted by Gasteiger charge is -2.20. The molecule has 0 amide bonds. The Morgan fingerprint density at radius 3 is 2.88 bits per heavy atom. The molecule has 4 nitrogen and oxygen atoms in total. The molecule has 0 radical (unpaired) electrons. The van der Waals surface area contributed by atoms with Crippen molar-refractivity contribution < 1.29 is 4.74 Å². The van der Waals surface area contributed by atoms with Gasteiger partial charge < -0.3 is 14.2 Å². The lowest BCUT2D eigenvalue weighted by atomic mass is 10.3. The second kappa shape index (κ2) is 4.75. The molecule has 2 aromatic heterocycles. The van der Waals surface area contributed by atoms with Crippen LogP contribution < -0.4 is 4.74 Å². The zero-order valence-electron chi connectivity index (χ0n) is 10.8. The van der Waals surface area contributed by atoms with Crippen molar-refractivity contribution in [1.82, 2.24) is 14.5 Å². The van der Waals surface area contributed by atoms with Crippen LogP contribution in [-0.2, 0) is 6.54 Å². The van der Waals surface area contributed by atoms with Crippen molar-refractivity contribution in [2.75, 3.05) is 21.2 Å². The molecule has 1 unspecified atom stereocenters. The molecule has 0 aromatic carbocycles. The zero-order valence-corrected chi connectivity index (χ0v) is 10.8. The van der Waals surface area contributed by atoms with Gasteiger partial charge in [0.1, 0.15) is 0 Å². The average Bonchev–Trinajstić information content (AvgIpc) is 2.71. The summed E-state index contributed by atoms with van der Waals surface area (Å²) >= 11 is 0. The van der Waals surface area contributed by atoms with E-state index in [4.69, 9.17) is 4.74 Å². The van der Waals surface area contributed by atoms with Gasteiger partial charge in [-0.05, 0) is 27.1 Å². The molecule has 4 heteroatoms. The van der Waals surface area contributed by atoms with Crippen molar-refractivity contribution in [3.05, 3.63) is 24.5 Å². The van der Waals surface area contributed by atoms with Crippen molar-refractivity contribution in [1.29, 1.82) is 0 Å².